The highest BCUT2D eigenvalue weighted by atomic mass is 16.5. The molecule has 1 aromatic carbocycles. The third-order valence-electron chi connectivity index (χ3n) is 2.98. The first-order valence-corrected chi connectivity index (χ1v) is 4.86. The Morgan fingerprint density at radius 1 is 1.38 bits per heavy atom. The zero-order valence-electron chi connectivity index (χ0n) is 7.49. The van der Waals surface area contributed by atoms with Gasteiger partial charge in [-0.3, -0.25) is 0 Å². The van der Waals surface area contributed by atoms with Crippen molar-refractivity contribution < 1.29 is 4.74 Å². The van der Waals surface area contributed by atoms with E-state index in [-0.39, 0.29) is 0 Å². The Balaban J connectivity index is 2.05. The summed E-state index contributed by atoms with van der Waals surface area (Å²) in [5, 5.41) is 0. The van der Waals surface area contributed by atoms with Gasteiger partial charge in [0.05, 0.1) is 6.61 Å². The van der Waals surface area contributed by atoms with Gasteiger partial charge in [0, 0.05) is 18.4 Å². The first kappa shape index (κ1) is 7.39. The molecule has 1 saturated carbocycles. The highest BCUT2D eigenvalue weighted by Gasteiger charge is 2.38. The van der Waals surface area contributed by atoms with Crippen LogP contribution in [0.3, 0.4) is 0 Å². The summed E-state index contributed by atoms with van der Waals surface area (Å²) in [6.07, 6.45) is 2.19. The minimum absolute atomic E-state index is 0.371. The van der Waals surface area contributed by atoms with Gasteiger partial charge in [0.25, 0.3) is 0 Å². The van der Waals surface area contributed by atoms with Gasteiger partial charge in [-0.15, -0.1) is 0 Å². The molecule has 13 heavy (non-hydrogen) atoms. The molecule has 1 aromatic rings. The standard InChI is InChI=1S/C11H13NO/c12-10-6-9(10)8-3-1-2-7-4-5-13-11(7)8/h1-3,9-10H,4-6,12H2/t9-,10+/m0/s1. The Hall–Kier alpha value is -1.02. The molecule has 1 aliphatic heterocycles. The Labute approximate surface area is 77.7 Å². The van der Waals surface area contributed by atoms with Crippen molar-refractivity contribution >= 4 is 0 Å². The van der Waals surface area contributed by atoms with Gasteiger partial charge < -0.3 is 10.5 Å². The van der Waals surface area contributed by atoms with Crippen molar-refractivity contribution in [2.45, 2.75) is 24.8 Å². The van der Waals surface area contributed by atoms with Crippen molar-refractivity contribution in [2.24, 2.45) is 5.73 Å². The van der Waals surface area contributed by atoms with Crippen molar-refractivity contribution in [1.82, 2.24) is 0 Å². The van der Waals surface area contributed by atoms with Crippen LogP contribution in [-0.2, 0) is 6.42 Å². The van der Waals surface area contributed by atoms with Crippen LogP contribution in [0.5, 0.6) is 5.75 Å². The van der Waals surface area contributed by atoms with E-state index in [9.17, 15) is 0 Å². The second-order valence-electron chi connectivity index (χ2n) is 3.94. The molecule has 1 heterocycles. The smallest absolute Gasteiger partial charge is 0.126 e. The zero-order valence-corrected chi connectivity index (χ0v) is 7.49. The van der Waals surface area contributed by atoms with E-state index in [4.69, 9.17) is 10.5 Å². The van der Waals surface area contributed by atoms with Gasteiger partial charge in [-0.1, -0.05) is 18.2 Å². The Bertz CT molecular complexity index is 348. The molecule has 2 N–H and O–H groups in total. The number of para-hydroxylation sites is 1. The van der Waals surface area contributed by atoms with Crippen LogP contribution in [0, 0.1) is 0 Å². The SMILES string of the molecule is N[C@@H]1C[C@H]1c1cccc2c1OCC2. The molecular weight excluding hydrogens is 162 g/mol. The average molecular weight is 175 g/mol. The molecule has 1 fully saturated rings. The monoisotopic (exact) mass is 175 g/mol. The summed E-state index contributed by atoms with van der Waals surface area (Å²) < 4.78 is 5.62. The van der Waals surface area contributed by atoms with E-state index in [0.717, 1.165) is 25.2 Å². The Morgan fingerprint density at radius 2 is 2.23 bits per heavy atom. The molecule has 0 spiro atoms. The number of rotatable bonds is 1. The van der Waals surface area contributed by atoms with Crippen LogP contribution in [0.2, 0.25) is 0 Å². The fourth-order valence-corrected chi connectivity index (χ4v) is 2.10. The van der Waals surface area contributed by atoms with Crippen molar-refractivity contribution in [3.05, 3.63) is 29.3 Å². The molecular formula is C11H13NO. The lowest BCUT2D eigenvalue weighted by atomic mass is 10.0. The van der Waals surface area contributed by atoms with E-state index >= 15 is 0 Å². The Kier molecular flexibility index (Phi) is 1.41. The summed E-state index contributed by atoms with van der Waals surface area (Å²) >= 11 is 0. The molecule has 1 aliphatic carbocycles. The van der Waals surface area contributed by atoms with Crippen molar-refractivity contribution in [3.8, 4) is 5.75 Å². The van der Waals surface area contributed by atoms with Crippen LogP contribution in [0.4, 0.5) is 0 Å². The molecule has 0 radical (unpaired) electrons. The first-order chi connectivity index (χ1) is 6.36. The van der Waals surface area contributed by atoms with Gasteiger partial charge in [-0.2, -0.15) is 0 Å². The lowest BCUT2D eigenvalue weighted by Gasteiger charge is -2.06. The minimum atomic E-state index is 0.371. The number of benzene rings is 1. The van der Waals surface area contributed by atoms with Crippen LogP contribution < -0.4 is 10.5 Å². The lowest BCUT2D eigenvalue weighted by Crippen LogP contribution is -2.01. The third-order valence-corrected chi connectivity index (χ3v) is 2.98. The molecule has 2 atom stereocenters. The first-order valence-electron chi connectivity index (χ1n) is 4.86. The fraction of sp³-hybridized carbons (Fsp3) is 0.455. The van der Waals surface area contributed by atoms with E-state index in [1.165, 1.54) is 11.1 Å². The van der Waals surface area contributed by atoms with E-state index in [2.05, 4.69) is 18.2 Å². The molecule has 3 rings (SSSR count). The Morgan fingerprint density at radius 3 is 3.00 bits per heavy atom. The number of ether oxygens (including phenoxy) is 1. The normalized spacial score (nSPS) is 29.6. The number of hydrogen-bond acceptors (Lipinski definition) is 2. The molecule has 0 unspecified atom stereocenters. The predicted molar refractivity (Wildman–Crippen MR) is 51.0 cm³/mol. The van der Waals surface area contributed by atoms with Crippen LogP contribution in [-0.4, -0.2) is 12.6 Å². The average Bonchev–Trinajstić information content (AvgIpc) is 2.66. The summed E-state index contributed by atoms with van der Waals surface area (Å²) in [6.45, 7) is 0.842. The van der Waals surface area contributed by atoms with E-state index < -0.39 is 0 Å². The van der Waals surface area contributed by atoms with Gasteiger partial charge in [-0.25, -0.2) is 0 Å². The van der Waals surface area contributed by atoms with Crippen LogP contribution in [0.25, 0.3) is 0 Å². The maximum Gasteiger partial charge on any atom is 0.126 e. The lowest BCUT2D eigenvalue weighted by molar-refractivity contribution is 0.353. The second kappa shape index (κ2) is 2.48. The van der Waals surface area contributed by atoms with Crippen LogP contribution in [0.15, 0.2) is 18.2 Å². The fourth-order valence-electron chi connectivity index (χ4n) is 2.10. The summed E-state index contributed by atoms with van der Waals surface area (Å²) in [6, 6.07) is 6.80. The van der Waals surface area contributed by atoms with Crippen LogP contribution in [0.1, 0.15) is 23.5 Å². The van der Waals surface area contributed by atoms with Gasteiger partial charge in [-0.05, 0) is 17.5 Å². The van der Waals surface area contributed by atoms with E-state index in [1.807, 2.05) is 0 Å². The second-order valence-corrected chi connectivity index (χ2v) is 3.94. The summed E-state index contributed by atoms with van der Waals surface area (Å²) in [5.74, 6) is 1.69. The maximum atomic E-state index is 5.84. The molecule has 0 saturated heterocycles. The van der Waals surface area contributed by atoms with E-state index in [0.29, 0.717) is 12.0 Å². The number of fused-ring (bicyclic) bond motifs is 1. The summed E-state index contributed by atoms with van der Waals surface area (Å²) in [7, 11) is 0. The molecule has 2 aliphatic rings. The summed E-state index contributed by atoms with van der Waals surface area (Å²) in [5.41, 5.74) is 8.53. The van der Waals surface area contributed by atoms with Gasteiger partial charge >= 0.3 is 0 Å². The molecule has 68 valence electrons. The molecule has 0 amide bonds. The van der Waals surface area contributed by atoms with Gasteiger partial charge in [0.2, 0.25) is 0 Å². The topological polar surface area (TPSA) is 35.2 Å². The van der Waals surface area contributed by atoms with Crippen molar-refractivity contribution in [1.29, 1.82) is 0 Å². The van der Waals surface area contributed by atoms with Gasteiger partial charge in [0.15, 0.2) is 0 Å². The highest BCUT2D eigenvalue weighted by molar-refractivity contribution is 5.48. The molecule has 0 bridgehead atoms. The summed E-state index contributed by atoms with van der Waals surface area (Å²) in [4.78, 5) is 0. The van der Waals surface area contributed by atoms with Crippen LogP contribution >= 0.6 is 0 Å². The molecule has 2 heteroatoms. The molecule has 0 aromatic heterocycles. The van der Waals surface area contributed by atoms with Crippen molar-refractivity contribution in [3.63, 3.8) is 0 Å². The maximum absolute atomic E-state index is 5.84. The highest BCUT2D eigenvalue weighted by Crippen LogP contribution is 2.45. The third kappa shape index (κ3) is 1.05. The quantitative estimate of drug-likeness (QED) is 0.701. The van der Waals surface area contributed by atoms with Gasteiger partial charge in [0.1, 0.15) is 5.75 Å². The molecule has 2 nitrogen and oxygen atoms in total. The van der Waals surface area contributed by atoms with Crippen molar-refractivity contribution in [2.75, 3.05) is 6.61 Å². The number of hydrogen-bond donors (Lipinski definition) is 1. The zero-order chi connectivity index (χ0) is 8.84. The predicted octanol–water partition coefficient (Wildman–Crippen LogP) is 1.44. The number of nitrogens with two attached hydrogens (primary N) is 1. The minimum Gasteiger partial charge on any atom is -0.493 e. The van der Waals surface area contributed by atoms with E-state index in [1.54, 1.807) is 0 Å². The largest absolute Gasteiger partial charge is 0.493 e.